The van der Waals surface area contributed by atoms with E-state index in [2.05, 4.69) is 15.6 Å². The first-order valence-corrected chi connectivity index (χ1v) is 9.16. The molecule has 3 aromatic rings. The zero-order valence-electron chi connectivity index (χ0n) is 13.9. The number of nitrogens with zero attached hydrogens (tertiary/aromatic N) is 1. The van der Waals surface area contributed by atoms with Gasteiger partial charge in [-0.3, -0.25) is 0 Å². The Morgan fingerprint density at radius 2 is 1.96 bits per heavy atom. The summed E-state index contributed by atoms with van der Waals surface area (Å²) in [6.45, 7) is 2.02. The van der Waals surface area contributed by atoms with Crippen LogP contribution in [-0.2, 0) is 0 Å². The van der Waals surface area contributed by atoms with Gasteiger partial charge in [0.2, 0.25) is 0 Å². The molecule has 0 radical (unpaired) electrons. The van der Waals surface area contributed by atoms with Crippen LogP contribution < -0.4 is 10.6 Å². The molecule has 1 heterocycles. The van der Waals surface area contributed by atoms with Crippen molar-refractivity contribution >= 4 is 33.8 Å². The van der Waals surface area contributed by atoms with Crippen LogP contribution in [0.1, 0.15) is 24.1 Å². The normalized spacial score (nSPS) is 11.8. The molecule has 25 heavy (non-hydrogen) atoms. The van der Waals surface area contributed by atoms with E-state index in [4.69, 9.17) is 12.2 Å². The Morgan fingerprint density at radius 1 is 1.20 bits per heavy atom. The van der Waals surface area contributed by atoms with E-state index in [0.29, 0.717) is 10.7 Å². The van der Waals surface area contributed by atoms with Crippen molar-refractivity contribution in [2.24, 2.45) is 0 Å². The highest BCUT2D eigenvalue weighted by atomic mass is 32.1. The van der Waals surface area contributed by atoms with Gasteiger partial charge in [-0.2, -0.15) is 0 Å². The fraction of sp³-hybridized carbons (Fsp3) is 0.158. The minimum absolute atomic E-state index is 0.00530. The zero-order valence-corrected chi connectivity index (χ0v) is 15.5. The Morgan fingerprint density at radius 3 is 2.64 bits per heavy atom. The average molecular weight is 372 g/mol. The van der Waals surface area contributed by atoms with Crippen LogP contribution in [0.2, 0.25) is 0 Å². The Kier molecular flexibility index (Phi) is 5.40. The zero-order chi connectivity index (χ0) is 17.8. The summed E-state index contributed by atoms with van der Waals surface area (Å²) < 4.78 is 14.6. The third kappa shape index (κ3) is 4.03. The van der Waals surface area contributed by atoms with Gasteiger partial charge in [-0.25, -0.2) is 9.37 Å². The van der Waals surface area contributed by atoms with Crippen LogP contribution in [0.15, 0.2) is 53.9 Å². The van der Waals surface area contributed by atoms with Crippen LogP contribution in [0.3, 0.4) is 0 Å². The third-order valence-corrected chi connectivity index (χ3v) is 5.07. The lowest BCUT2D eigenvalue weighted by Gasteiger charge is -2.11. The highest BCUT2D eigenvalue weighted by Gasteiger charge is 2.15. The predicted octanol–water partition coefficient (Wildman–Crippen LogP) is 5.02. The number of aromatic nitrogens is 1. The Bertz CT molecular complexity index is 877. The monoisotopic (exact) mass is 371 g/mol. The number of nitrogens with one attached hydrogen (secondary N) is 2. The smallest absolute Gasteiger partial charge is 0.189 e. The molecule has 0 aliphatic heterocycles. The fourth-order valence-electron chi connectivity index (χ4n) is 2.53. The molecular formula is C19H18FN3S2. The Balaban J connectivity index is 1.82. The molecule has 6 heteroatoms. The highest BCUT2D eigenvalue weighted by Crippen LogP contribution is 2.30. The topological polar surface area (TPSA) is 37.0 Å². The van der Waals surface area contributed by atoms with Crippen molar-refractivity contribution in [1.29, 1.82) is 0 Å². The van der Waals surface area contributed by atoms with E-state index in [1.807, 2.05) is 54.8 Å². The molecular weight excluding hydrogens is 353 g/mol. The second-order valence-electron chi connectivity index (χ2n) is 5.61. The van der Waals surface area contributed by atoms with E-state index in [0.717, 1.165) is 22.0 Å². The summed E-state index contributed by atoms with van der Waals surface area (Å²) in [5.41, 5.74) is 3.26. The van der Waals surface area contributed by atoms with Gasteiger partial charge in [-0.1, -0.05) is 49.4 Å². The van der Waals surface area contributed by atoms with Crippen molar-refractivity contribution in [3.8, 4) is 11.1 Å². The lowest BCUT2D eigenvalue weighted by molar-refractivity contribution is 0.627. The summed E-state index contributed by atoms with van der Waals surface area (Å²) in [6.07, 6.45) is 0. The molecule has 1 atom stereocenters. The molecule has 2 N–H and O–H groups in total. The molecule has 1 unspecified atom stereocenters. The lowest BCUT2D eigenvalue weighted by Crippen LogP contribution is -2.24. The van der Waals surface area contributed by atoms with Crippen LogP contribution in [0.4, 0.5) is 9.52 Å². The van der Waals surface area contributed by atoms with Gasteiger partial charge in [0.15, 0.2) is 10.2 Å². The highest BCUT2D eigenvalue weighted by molar-refractivity contribution is 7.80. The molecule has 2 aromatic carbocycles. The maximum absolute atomic E-state index is 14.6. The van der Waals surface area contributed by atoms with Crippen molar-refractivity contribution in [2.45, 2.75) is 12.8 Å². The minimum atomic E-state index is -0.222. The first-order chi connectivity index (χ1) is 12.1. The van der Waals surface area contributed by atoms with Gasteiger partial charge >= 0.3 is 0 Å². The average Bonchev–Trinajstić information content (AvgIpc) is 3.10. The van der Waals surface area contributed by atoms with Crippen molar-refractivity contribution in [3.05, 3.63) is 71.0 Å². The van der Waals surface area contributed by atoms with Gasteiger partial charge < -0.3 is 10.6 Å². The maximum atomic E-state index is 14.6. The minimum Gasteiger partial charge on any atom is -0.365 e. The second kappa shape index (κ2) is 7.72. The van der Waals surface area contributed by atoms with E-state index in [1.165, 1.54) is 11.3 Å². The number of anilines is 1. The van der Waals surface area contributed by atoms with Crippen molar-refractivity contribution in [2.75, 3.05) is 12.4 Å². The predicted molar refractivity (Wildman–Crippen MR) is 107 cm³/mol. The summed E-state index contributed by atoms with van der Waals surface area (Å²) in [6, 6.07) is 14.9. The third-order valence-electron chi connectivity index (χ3n) is 3.99. The van der Waals surface area contributed by atoms with Gasteiger partial charge in [-0.15, -0.1) is 11.3 Å². The van der Waals surface area contributed by atoms with Gasteiger partial charge in [0.1, 0.15) is 5.82 Å². The first kappa shape index (κ1) is 17.5. The summed E-state index contributed by atoms with van der Waals surface area (Å²) in [7, 11) is 1.75. The quantitative estimate of drug-likeness (QED) is 0.632. The van der Waals surface area contributed by atoms with Crippen LogP contribution in [-0.4, -0.2) is 17.1 Å². The molecule has 0 saturated carbocycles. The molecule has 3 nitrogen and oxygen atoms in total. The summed E-state index contributed by atoms with van der Waals surface area (Å²) in [5.74, 6) is -0.227. The summed E-state index contributed by atoms with van der Waals surface area (Å²) in [5, 5.41) is 9.08. The first-order valence-electron chi connectivity index (χ1n) is 7.87. The van der Waals surface area contributed by atoms with E-state index in [-0.39, 0.29) is 11.7 Å². The van der Waals surface area contributed by atoms with Crippen LogP contribution in [0, 0.1) is 5.82 Å². The van der Waals surface area contributed by atoms with E-state index >= 15 is 0 Å². The van der Waals surface area contributed by atoms with E-state index in [9.17, 15) is 4.39 Å². The molecule has 0 aliphatic rings. The molecule has 0 bridgehead atoms. The molecule has 0 aliphatic carbocycles. The molecule has 3 rings (SSSR count). The fourth-order valence-corrected chi connectivity index (χ4v) is 3.49. The number of hydrogen-bond donors (Lipinski definition) is 2. The number of halogens is 1. The number of benzene rings is 2. The van der Waals surface area contributed by atoms with Crippen molar-refractivity contribution in [1.82, 2.24) is 10.3 Å². The van der Waals surface area contributed by atoms with E-state index in [1.54, 1.807) is 13.1 Å². The molecule has 0 saturated heterocycles. The number of hydrogen-bond acceptors (Lipinski definition) is 3. The SMILES string of the molecule is CNC(=S)Nc1nc(C(C)c2ccc(-c3ccccc3)c(F)c2)cs1. The largest absolute Gasteiger partial charge is 0.365 e. The van der Waals surface area contributed by atoms with Crippen molar-refractivity contribution in [3.63, 3.8) is 0 Å². The molecule has 0 fully saturated rings. The summed E-state index contributed by atoms with van der Waals surface area (Å²) >= 11 is 6.56. The number of rotatable bonds is 4. The maximum Gasteiger partial charge on any atom is 0.189 e. The molecule has 0 spiro atoms. The molecule has 1 aromatic heterocycles. The second-order valence-corrected chi connectivity index (χ2v) is 6.87. The van der Waals surface area contributed by atoms with Gasteiger partial charge in [0, 0.05) is 23.9 Å². The number of thiazole rings is 1. The van der Waals surface area contributed by atoms with Crippen LogP contribution in [0.25, 0.3) is 11.1 Å². The number of thiocarbonyl (C=S) groups is 1. The van der Waals surface area contributed by atoms with Crippen LogP contribution in [0.5, 0.6) is 0 Å². The van der Waals surface area contributed by atoms with Crippen molar-refractivity contribution < 1.29 is 4.39 Å². The summed E-state index contributed by atoms with van der Waals surface area (Å²) in [4.78, 5) is 4.54. The van der Waals surface area contributed by atoms with Gasteiger partial charge in [0.05, 0.1) is 5.69 Å². The van der Waals surface area contributed by atoms with Gasteiger partial charge in [-0.05, 0) is 29.4 Å². The van der Waals surface area contributed by atoms with E-state index < -0.39 is 0 Å². The molecule has 0 amide bonds. The Hall–Kier alpha value is -2.31. The molecule has 128 valence electrons. The van der Waals surface area contributed by atoms with Gasteiger partial charge in [0.25, 0.3) is 0 Å². The standard InChI is InChI=1S/C19H18FN3S2/c1-12(17-11-25-19(22-17)23-18(24)21-2)14-8-9-15(16(20)10-14)13-6-4-3-5-7-13/h3-12H,1-2H3,(H2,21,22,23,24). The Labute approximate surface area is 155 Å². The van der Waals surface area contributed by atoms with Crippen LogP contribution >= 0.6 is 23.6 Å². The lowest BCUT2D eigenvalue weighted by atomic mass is 9.95.